The Balaban J connectivity index is 3.84. The van der Waals surface area contributed by atoms with E-state index in [9.17, 15) is 0 Å². The number of hydrogen-bond acceptors (Lipinski definition) is 1. The molecule has 0 heterocycles. The smallest absolute Gasteiger partial charge is 0.166 e. The molecule has 0 rings (SSSR count). The molecule has 0 saturated heterocycles. The summed E-state index contributed by atoms with van der Waals surface area (Å²) in [6, 6.07) is 0. The summed E-state index contributed by atoms with van der Waals surface area (Å²) in [6.45, 7) is 4.12. The molecule has 0 fully saturated rings. The van der Waals surface area contributed by atoms with Crippen molar-refractivity contribution in [3.8, 4) is 0 Å². The average molecular weight is 284 g/mol. The minimum absolute atomic E-state index is 0.761. The Kier molecular flexibility index (Phi) is 7.07. The first-order valence-corrected chi connectivity index (χ1v) is 5.18. The topological polar surface area (TPSA) is 9.23 Å². The molecule has 0 spiro atoms. The average Bonchev–Trinajstić information content (AvgIpc) is 1.87. The Bertz CT molecular complexity index is 143. The maximum atomic E-state index is 5.29. The summed E-state index contributed by atoms with van der Waals surface area (Å²) in [4.78, 5) is 0. The van der Waals surface area contributed by atoms with Crippen molar-refractivity contribution in [2.45, 2.75) is 26.7 Å². The molecular weight excluding hydrogens is 272 g/mol. The Morgan fingerprint density at radius 1 is 1.09 bits per heavy atom. The molecular formula is C8H12Br2O. The molecule has 0 N–H and O–H groups in total. The summed E-state index contributed by atoms with van der Waals surface area (Å²) >= 11 is 6.55. The summed E-state index contributed by atoms with van der Waals surface area (Å²) in [6.07, 6.45) is 5.86. The van der Waals surface area contributed by atoms with Gasteiger partial charge in [0.05, 0.1) is 0 Å². The fourth-order valence-corrected chi connectivity index (χ4v) is 1.71. The van der Waals surface area contributed by atoms with E-state index in [1.807, 2.05) is 12.2 Å². The molecule has 0 aromatic carbocycles. The summed E-state index contributed by atoms with van der Waals surface area (Å²) in [5.41, 5.74) is 0. The molecule has 0 aliphatic carbocycles. The van der Waals surface area contributed by atoms with E-state index in [0.717, 1.165) is 22.2 Å². The molecule has 0 aliphatic rings. The van der Waals surface area contributed by atoms with Gasteiger partial charge in [0.1, 0.15) is 0 Å². The maximum Gasteiger partial charge on any atom is 0.166 e. The lowest BCUT2D eigenvalue weighted by Gasteiger charge is -2.00. The molecule has 3 heteroatoms. The number of rotatable bonds is 4. The van der Waals surface area contributed by atoms with E-state index in [4.69, 9.17) is 4.74 Å². The second kappa shape index (κ2) is 6.92. The molecule has 0 aliphatic heterocycles. The van der Waals surface area contributed by atoms with Gasteiger partial charge in [0.15, 0.2) is 9.34 Å². The monoisotopic (exact) mass is 282 g/mol. The van der Waals surface area contributed by atoms with Crippen LogP contribution in [-0.4, -0.2) is 0 Å². The second-order valence-corrected chi connectivity index (χ2v) is 3.50. The molecule has 11 heavy (non-hydrogen) atoms. The van der Waals surface area contributed by atoms with E-state index in [1.54, 1.807) is 0 Å². The predicted molar refractivity (Wildman–Crippen MR) is 55.7 cm³/mol. The molecule has 0 radical (unpaired) electrons. The third kappa shape index (κ3) is 6.63. The Morgan fingerprint density at radius 2 is 1.45 bits per heavy atom. The Labute approximate surface area is 84.8 Å². The maximum absolute atomic E-state index is 5.29. The van der Waals surface area contributed by atoms with Gasteiger partial charge < -0.3 is 4.74 Å². The van der Waals surface area contributed by atoms with Crippen molar-refractivity contribution in [2.24, 2.45) is 0 Å². The number of allylic oxidation sites excluding steroid dienone is 2. The molecule has 0 aromatic heterocycles. The van der Waals surface area contributed by atoms with Crippen LogP contribution in [0, 0.1) is 0 Å². The zero-order valence-corrected chi connectivity index (χ0v) is 9.91. The molecule has 0 amide bonds. The molecule has 0 atom stereocenters. The van der Waals surface area contributed by atoms with E-state index in [2.05, 4.69) is 45.7 Å². The summed E-state index contributed by atoms with van der Waals surface area (Å²) in [5, 5.41) is 0. The van der Waals surface area contributed by atoms with Gasteiger partial charge in [0.25, 0.3) is 0 Å². The van der Waals surface area contributed by atoms with Crippen molar-refractivity contribution in [3.63, 3.8) is 0 Å². The van der Waals surface area contributed by atoms with Crippen LogP contribution in [-0.2, 0) is 4.74 Å². The van der Waals surface area contributed by atoms with E-state index >= 15 is 0 Å². The van der Waals surface area contributed by atoms with Gasteiger partial charge in [0, 0.05) is 0 Å². The number of halogens is 2. The van der Waals surface area contributed by atoms with E-state index in [-0.39, 0.29) is 0 Å². The van der Waals surface area contributed by atoms with Gasteiger partial charge in [-0.25, -0.2) is 0 Å². The van der Waals surface area contributed by atoms with Crippen LogP contribution in [0.2, 0.25) is 0 Å². The van der Waals surface area contributed by atoms with Crippen LogP contribution in [0.3, 0.4) is 0 Å². The molecule has 0 unspecified atom stereocenters. The lowest BCUT2D eigenvalue weighted by molar-refractivity contribution is 0.377. The second-order valence-electron chi connectivity index (χ2n) is 1.94. The third-order valence-corrected chi connectivity index (χ3v) is 1.90. The molecule has 1 nitrogen and oxygen atoms in total. The fourth-order valence-electron chi connectivity index (χ4n) is 0.497. The summed E-state index contributed by atoms with van der Waals surface area (Å²) in [7, 11) is 0. The SMILES string of the molecule is CCC=C(Br)OC(Br)=CCC. The van der Waals surface area contributed by atoms with Crippen LogP contribution in [0.5, 0.6) is 0 Å². The van der Waals surface area contributed by atoms with Gasteiger partial charge in [-0.05, 0) is 56.9 Å². The van der Waals surface area contributed by atoms with Crippen molar-refractivity contribution in [2.75, 3.05) is 0 Å². The number of ether oxygens (including phenoxy) is 1. The molecule has 0 aromatic rings. The van der Waals surface area contributed by atoms with Crippen LogP contribution >= 0.6 is 31.9 Å². The van der Waals surface area contributed by atoms with Gasteiger partial charge in [-0.15, -0.1) is 0 Å². The van der Waals surface area contributed by atoms with Crippen LogP contribution < -0.4 is 0 Å². The first-order chi connectivity index (χ1) is 5.20. The highest BCUT2D eigenvalue weighted by atomic mass is 79.9. The Hall–Kier alpha value is 0.240. The summed E-state index contributed by atoms with van der Waals surface area (Å²) in [5.74, 6) is 0. The van der Waals surface area contributed by atoms with Crippen molar-refractivity contribution in [1.29, 1.82) is 0 Å². The Morgan fingerprint density at radius 3 is 1.73 bits per heavy atom. The number of hydrogen-bond donors (Lipinski definition) is 0. The zero-order valence-electron chi connectivity index (χ0n) is 6.73. The predicted octanol–water partition coefficient (Wildman–Crippen LogP) is 4.30. The molecule has 64 valence electrons. The minimum Gasteiger partial charge on any atom is -0.443 e. The van der Waals surface area contributed by atoms with Gasteiger partial charge in [-0.1, -0.05) is 13.8 Å². The van der Waals surface area contributed by atoms with Crippen molar-refractivity contribution in [1.82, 2.24) is 0 Å². The molecule has 0 bridgehead atoms. The standard InChI is InChI=1S/C8H12Br2O/c1-3-5-7(9)11-8(10)6-4-2/h5-6H,3-4H2,1-2H3. The largest absolute Gasteiger partial charge is 0.443 e. The van der Waals surface area contributed by atoms with Crippen LogP contribution in [0.15, 0.2) is 21.5 Å². The van der Waals surface area contributed by atoms with Crippen LogP contribution in [0.4, 0.5) is 0 Å². The van der Waals surface area contributed by atoms with E-state index in [1.165, 1.54) is 0 Å². The third-order valence-electron chi connectivity index (χ3n) is 0.924. The highest BCUT2D eigenvalue weighted by Crippen LogP contribution is 2.18. The zero-order chi connectivity index (χ0) is 8.69. The van der Waals surface area contributed by atoms with Gasteiger partial charge in [0.2, 0.25) is 0 Å². The molecule has 0 saturated carbocycles. The van der Waals surface area contributed by atoms with Crippen LogP contribution in [0.25, 0.3) is 0 Å². The van der Waals surface area contributed by atoms with Crippen molar-refractivity contribution in [3.05, 3.63) is 21.5 Å². The van der Waals surface area contributed by atoms with Crippen molar-refractivity contribution >= 4 is 31.9 Å². The minimum atomic E-state index is 0.761. The van der Waals surface area contributed by atoms with Gasteiger partial charge in [-0.3, -0.25) is 0 Å². The summed E-state index contributed by atoms with van der Waals surface area (Å²) < 4.78 is 6.81. The van der Waals surface area contributed by atoms with Crippen molar-refractivity contribution < 1.29 is 4.74 Å². The lowest BCUT2D eigenvalue weighted by atomic mass is 10.5. The first-order valence-electron chi connectivity index (χ1n) is 3.59. The normalized spacial score (nSPS) is 13.5. The van der Waals surface area contributed by atoms with Crippen LogP contribution in [0.1, 0.15) is 26.7 Å². The first kappa shape index (κ1) is 11.2. The van der Waals surface area contributed by atoms with Gasteiger partial charge >= 0.3 is 0 Å². The highest BCUT2D eigenvalue weighted by molar-refractivity contribution is 9.12. The lowest BCUT2D eigenvalue weighted by Crippen LogP contribution is -1.79. The quantitative estimate of drug-likeness (QED) is 0.699. The highest BCUT2D eigenvalue weighted by Gasteiger charge is 1.93. The van der Waals surface area contributed by atoms with E-state index in [0.29, 0.717) is 0 Å². The van der Waals surface area contributed by atoms with E-state index < -0.39 is 0 Å². The fraction of sp³-hybridized carbons (Fsp3) is 0.500. The van der Waals surface area contributed by atoms with Gasteiger partial charge in [-0.2, -0.15) is 0 Å².